The first-order valence-corrected chi connectivity index (χ1v) is 9.59. The maximum absolute atomic E-state index is 12.6. The molecule has 1 N–H and O–H groups in total. The third kappa shape index (κ3) is 3.34. The van der Waals surface area contributed by atoms with Crippen molar-refractivity contribution in [3.8, 4) is 0 Å². The Labute approximate surface area is 121 Å². The SMILES string of the molecule is O=C(C1CCS(=O)(=O)C1)N(CC1CCNCC1)C1CC1. The Hall–Kier alpha value is -0.620. The van der Waals surface area contributed by atoms with Crippen molar-refractivity contribution < 1.29 is 13.2 Å². The molecule has 0 aromatic rings. The standard InChI is InChI=1S/C14H24N2O3S/c17-14(12-5-8-20(18,19)10-12)16(13-1-2-13)9-11-3-6-15-7-4-11/h11-13,15H,1-10H2. The molecule has 0 radical (unpaired) electrons. The normalized spacial score (nSPS) is 30.3. The highest BCUT2D eigenvalue weighted by molar-refractivity contribution is 7.91. The average Bonchev–Trinajstić information content (AvgIpc) is 3.20. The molecule has 3 rings (SSSR count). The van der Waals surface area contributed by atoms with Gasteiger partial charge in [-0.1, -0.05) is 0 Å². The highest BCUT2D eigenvalue weighted by atomic mass is 32.2. The van der Waals surface area contributed by atoms with Crippen LogP contribution >= 0.6 is 0 Å². The first kappa shape index (κ1) is 14.3. The first-order valence-electron chi connectivity index (χ1n) is 7.77. The summed E-state index contributed by atoms with van der Waals surface area (Å²) in [6.07, 6.45) is 4.96. The number of hydrogen-bond donors (Lipinski definition) is 1. The topological polar surface area (TPSA) is 66.5 Å². The van der Waals surface area contributed by atoms with E-state index in [0.717, 1.165) is 45.3 Å². The Morgan fingerprint density at radius 3 is 2.35 bits per heavy atom. The van der Waals surface area contributed by atoms with Crippen LogP contribution in [0.1, 0.15) is 32.1 Å². The molecule has 5 nitrogen and oxygen atoms in total. The van der Waals surface area contributed by atoms with Gasteiger partial charge in [0.25, 0.3) is 0 Å². The molecule has 1 saturated carbocycles. The zero-order valence-electron chi connectivity index (χ0n) is 11.9. The number of carbonyl (C=O) groups is 1. The fraction of sp³-hybridized carbons (Fsp3) is 0.929. The fourth-order valence-corrected chi connectivity index (χ4v) is 5.10. The summed E-state index contributed by atoms with van der Waals surface area (Å²) in [4.78, 5) is 14.6. The lowest BCUT2D eigenvalue weighted by Crippen LogP contribution is -2.43. The molecular weight excluding hydrogens is 276 g/mol. The maximum atomic E-state index is 12.6. The molecule has 114 valence electrons. The van der Waals surface area contributed by atoms with Gasteiger partial charge in [0, 0.05) is 12.6 Å². The van der Waals surface area contributed by atoms with Gasteiger partial charge in [-0.25, -0.2) is 8.42 Å². The number of piperidine rings is 1. The van der Waals surface area contributed by atoms with E-state index in [1.165, 1.54) is 0 Å². The highest BCUT2D eigenvalue weighted by Crippen LogP contribution is 2.32. The number of sulfone groups is 1. The van der Waals surface area contributed by atoms with Crippen molar-refractivity contribution in [1.82, 2.24) is 10.2 Å². The Morgan fingerprint density at radius 1 is 1.10 bits per heavy atom. The molecule has 0 spiro atoms. The van der Waals surface area contributed by atoms with Gasteiger partial charge in [-0.3, -0.25) is 4.79 Å². The Kier molecular flexibility index (Phi) is 4.04. The van der Waals surface area contributed by atoms with Crippen molar-refractivity contribution in [3.05, 3.63) is 0 Å². The zero-order chi connectivity index (χ0) is 14.2. The molecule has 0 aromatic heterocycles. The quantitative estimate of drug-likeness (QED) is 0.817. The lowest BCUT2D eigenvalue weighted by molar-refractivity contribution is -0.136. The molecule has 1 atom stereocenters. The number of hydrogen-bond acceptors (Lipinski definition) is 4. The van der Waals surface area contributed by atoms with E-state index < -0.39 is 9.84 Å². The lowest BCUT2D eigenvalue weighted by Gasteiger charge is -2.31. The molecule has 0 bridgehead atoms. The summed E-state index contributed by atoms with van der Waals surface area (Å²) in [6, 6.07) is 0.390. The smallest absolute Gasteiger partial charge is 0.226 e. The van der Waals surface area contributed by atoms with Crippen molar-refractivity contribution >= 4 is 15.7 Å². The van der Waals surface area contributed by atoms with Gasteiger partial charge in [0.1, 0.15) is 0 Å². The first-order chi connectivity index (χ1) is 9.55. The van der Waals surface area contributed by atoms with Gasteiger partial charge in [0.2, 0.25) is 5.91 Å². The fourth-order valence-electron chi connectivity index (χ4n) is 3.37. The third-order valence-electron chi connectivity index (χ3n) is 4.77. The molecule has 2 heterocycles. The number of amides is 1. The molecule has 20 heavy (non-hydrogen) atoms. The largest absolute Gasteiger partial charge is 0.339 e. The van der Waals surface area contributed by atoms with Crippen LogP contribution < -0.4 is 5.32 Å². The van der Waals surface area contributed by atoms with Crippen LogP contribution in [0.15, 0.2) is 0 Å². The van der Waals surface area contributed by atoms with E-state index in [1.807, 2.05) is 4.90 Å². The van der Waals surface area contributed by atoms with E-state index in [-0.39, 0.29) is 23.3 Å². The van der Waals surface area contributed by atoms with Crippen LogP contribution in [0.25, 0.3) is 0 Å². The van der Waals surface area contributed by atoms with Gasteiger partial charge >= 0.3 is 0 Å². The van der Waals surface area contributed by atoms with Gasteiger partial charge in [0.15, 0.2) is 9.84 Å². The summed E-state index contributed by atoms with van der Waals surface area (Å²) < 4.78 is 23.1. The van der Waals surface area contributed by atoms with Gasteiger partial charge < -0.3 is 10.2 Å². The van der Waals surface area contributed by atoms with Crippen molar-refractivity contribution in [3.63, 3.8) is 0 Å². The molecule has 1 unspecified atom stereocenters. The minimum absolute atomic E-state index is 0.0707. The second kappa shape index (κ2) is 5.64. The molecule has 2 aliphatic heterocycles. The second-order valence-corrected chi connectivity index (χ2v) is 8.74. The van der Waals surface area contributed by atoms with Gasteiger partial charge in [-0.05, 0) is 51.1 Å². The summed E-state index contributed by atoms with van der Waals surface area (Å²) in [5.74, 6) is 0.671. The van der Waals surface area contributed by atoms with Crippen LogP contribution in [0.5, 0.6) is 0 Å². The Morgan fingerprint density at radius 2 is 1.80 bits per heavy atom. The minimum Gasteiger partial charge on any atom is -0.339 e. The summed E-state index contributed by atoms with van der Waals surface area (Å²) in [5, 5.41) is 3.35. The molecular formula is C14H24N2O3S. The van der Waals surface area contributed by atoms with Crippen LogP contribution in [0, 0.1) is 11.8 Å². The lowest BCUT2D eigenvalue weighted by atomic mass is 9.96. The molecule has 3 aliphatic rings. The van der Waals surface area contributed by atoms with Crippen LogP contribution in [0.3, 0.4) is 0 Å². The van der Waals surface area contributed by atoms with E-state index in [0.29, 0.717) is 18.4 Å². The Balaban J connectivity index is 1.62. The summed E-state index contributed by atoms with van der Waals surface area (Å²) in [5.41, 5.74) is 0. The molecule has 6 heteroatoms. The Bertz CT molecular complexity index is 467. The summed E-state index contributed by atoms with van der Waals surface area (Å²) in [6.45, 7) is 2.91. The molecule has 0 aromatic carbocycles. The van der Waals surface area contributed by atoms with E-state index in [4.69, 9.17) is 0 Å². The maximum Gasteiger partial charge on any atom is 0.226 e. The van der Waals surface area contributed by atoms with Crippen LogP contribution in [0.4, 0.5) is 0 Å². The number of nitrogens with one attached hydrogen (secondary N) is 1. The summed E-state index contributed by atoms with van der Waals surface area (Å²) >= 11 is 0. The zero-order valence-corrected chi connectivity index (χ0v) is 12.7. The van der Waals surface area contributed by atoms with Crippen molar-refractivity contribution in [2.75, 3.05) is 31.1 Å². The number of carbonyl (C=O) groups excluding carboxylic acids is 1. The number of nitrogens with zero attached hydrogens (tertiary/aromatic N) is 1. The van der Waals surface area contributed by atoms with E-state index in [2.05, 4.69) is 5.32 Å². The molecule has 1 aliphatic carbocycles. The predicted octanol–water partition coefficient (Wildman–Crippen LogP) is 0.412. The molecule has 1 amide bonds. The minimum atomic E-state index is -2.97. The predicted molar refractivity (Wildman–Crippen MR) is 77.1 cm³/mol. The number of rotatable bonds is 4. The van der Waals surface area contributed by atoms with E-state index in [1.54, 1.807) is 0 Å². The van der Waals surface area contributed by atoms with Gasteiger partial charge in [0.05, 0.1) is 17.4 Å². The van der Waals surface area contributed by atoms with Gasteiger partial charge in [-0.15, -0.1) is 0 Å². The van der Waals surface area contributed by atoms with Crippen LogP contribution in [0.2, 0.25) is 0 Å². The molecule has 2 saturated heterocycles. The van der Waals surface area contributed by atoms with E-state index >= 15 is 0 Å². The van der Waals surface area contributed by atoms with E-state index in [9.17, 15) is 13.2 Å². The highest BCUT2D eigenvalue weighted by Gasteiger charge is 2.41. The average molecular weight is 300 g/mol. The molecule has 3 fully saturated rings. The second-order valence-electron chi connectivity index (χ2n) is 6.52. The third-order valence-corrected chi connectivity index (χ3v) is 6.53. The van der Waals surface area contributed by atoms with Crippen molar-refractivity contribution in [1.29, 1.82) is 0 Å². The monoisotopic (exact) mass is 300 g/mol. The van der Waals surface area contributed by atoms with Crippen molar-refractivity contribution in [2.24, 2.45) is 11.8 Å². The van der Waals surface area contributed by atoms with Gasteiger partial charge in [-0.2, -0.15) is 0 Å². The van der Waals surface area contributed by atoms with Crippen molar-refractivity contribution in [2.45, 2.75) is 38.1 Å². The van der Waals surface area contributed by atoms with Crippen LogP contribution in [-0.2, 0) is 14.6 Å². The van der Waals surface area contributed by atoms with Crippen LogP contribution in [-0.4, -0.2) is 56.4 Å². The summed E-state index contributed by atoms with van der Waals surface area (Å²) in [7, 11) is -2.97.